The quantitative estimate of drug-likeness (QED) is 0.700. The number of rotatable bonds is 5. The fourth-order valence-corrected chi connectivity index (χ4v) is 2.79. The monoisotopic (exact) mass is 343 g/mol. The molecule has 0 fully saturated rings. The standard InChI is InChI=1S/C20H29N3O2/c1-20(2,3)23-18(24)16-10-7-11-17(14-16)22-19(25)21-13-12-15-8-5-4-6-9-15/h7-8,10-11,14H,4-6,9,12-13H2,1-3H3,(H,23,24)(H2,21,22,25). The Hall–Kier alpha value is -2.30. The van der Waals surface area contributed by atoms with Crippen molar-refractivity contribution in [2.24, 2.45) is 0 Å². The van der Waals surface area contributed by atoms with Crippen LogP contribution < -0.4 is 16.0 Å². The third-order valence-electron chi connectivity index (χ3n) is 3.99. The summed E-state index contributed by atoms with van der Waals surface area (Å²) in [5.41, 5.74) is 2.27. The van der Waals surface area contributed by atoms with Crippen LogP contribution >= 0.6 is 0 Å². The lowest BCUT2D eigenvalue weighted by Crippen LogP contribution is -2.40. The van der Waals surface area contributed by atoms with Gasteiger partial charge in [-0.1, -0.05) is 17.7 Å². The van der Waals surface area contributed by atoms with E-state index in [2.05, 4.69) is 22.0 Å². The number of anilines is 1. The third kappa shape index (κ3) is 6.99. The normalized spacial score (nSPS) is 14.4. The Morgan fingerprint density at radius 3 is 2.64 bits per heavy atom. The van der Waals surface area contributed by atoms with Crippen molar-refractivity contribution in [1.29, 1.82) is 0 Å². The van der Waals surface area contributed by atoms with Gasteiger partial charge in [-0.25, -0.2) is 4.79 Å². The molecule has 3 amide bonds. The highest BCUT2D eigenvalue weighted by Crippen LogP contribution is 2.19. The first-order valence-corrected chi connectivity index (χ1v) is 8.99. The largest absolute Gasteiger partial charge is 0.347 e. The number of hydrogen-bond donors (Lipinski definition) is 3. The van der Waals surface area contributed by atoms with Gasteiger partial charge in [0.1, 0.15) is 0 Å². The van der Waals surface area contributed by atoms with Crippen molar-refractivity contribution in [3.63, 3.8) is 0 Å². The van der Waals surface area contributed by atoms with E-state index in [0.717, 1.165) is 19.3 Å². The number of allylic oxidation sites excluding steroid dienone is 1. The minimum atomic E-state index is -0.300. The Bertz CT molecular complexity index is 645. The molecular formula is C20H29N3O2. The molecule has 0 unspecified atom stereocenters. The van der Waals surface area contributed by atoms with E-state index in [9.17, 15) is 9.59 Å². The molecule has 0 atom stereocenters. The predicted octanol–water partition coefficient (Wildman–Crippen LogP) is 4.23. The summed E-state index contributed by atoms with van der Waals surface area (Å²) >= 11 is 0. The first-order valence-electron chi connectivity index (χ1n) is 8.99. The highest BCUT2D eigenvalue weighted by molar-refractivity contribution is 5.97. The van der Waals surface area contributed by atoms with Crippen molar-refractivity contribution in [2.45, 2.75) is 58.4 Å². The molecule has 0 radical (unpaired) electrons. The van der Waals surface area contributed by atoms with Crippen LogP contribution in [0, 0.1) is 0 Å². The Morgan fingerprint density at radius 1 is 1.16 bits per heavy atom. The Labute approximate surface area is 150 Å². The SMILES string of the molecule is CC(C)(C)NC(=O)c1cccc(NC(=O)NCCC2=CCCCC2)c1. The first kappa shape index (κ1) is 19.0. The fourth-order valence-electron chi connectivity index (χ4n) is 2.79. The number of nitrogens with one attached hydrogen (secondary N) is 3. The molecule has 3 N–H and O–H groups in total. The van der Waals surface area contributed by atoms with E-state index in [1.807, 2.05) is 20.8 Å². The molecule has 5 heteroatoms. The van der Waals surface area contributed by atoms with Crippen LogP contribution in [-0.4, -0.2) is 24.0 Å². The van der Waals surface area contributed by atoms with Crippen molar-refractivity contribution >= 4 is 17.6 Å². The van der Waals surface area contributed by atoms with Crippen LogP contribution in [0.25, 0.3) is 0 Å². The summed E-state index contributed by atoms with van der Waals surface area (Å²) in [6, 6.07) is 6.71. The molecule has 25 heavy (non-hydrogen) atoms. The predicted molar refractivity (Wildman–Crippen MR) is 102 cm³/mol. The maximum absolute atomic E-state index is 12.2. The number of benzene rings is 1. The number of carbonyl (C=O) groups excluding carboxylic acids is 2. The molecule has 0 heterocycles. The molecule has 0 bridgehead atoms. The smallest absolute Gasteiger partial charge is 0.319 e. The second-order valence-electron chi connectivity index (χ2n) is 7.52. The summed E-state index contributed by atoms with van der Waals surface area (Å²) in [4.78, 5) is 24.2. The third-order valence-corrected chi connectivity index (χ3v) is 3.99. The topological polar surface area (TPSA) is 70.2 Å². The average Bonchev–Trinajstić information content (AvgIpc) is 2.54. The van der Waals surface area contributed by atoms with Crippen LogP contribution in [0.4, 0.5) is 10.5 Å². The van der Waals surface area contributed by atoms with Gasteiger partial charge >= 0.3 is 6.03 Å². The lowest BCUT2D eigenvalue weighted by atomic mass is 9.97. The molecule has 136 valence electrons. The van der Waals surface area contributed by atoms with E-state index in [1.165, 1.54) is 18.4 Å². The summed E-state index contributed by atoms with van der Waals surface area (Å²) in [6.45, 7) is 6.43. The molecule has 0 spiro atoms. The van der Waals surface area contributed by atoms with Gasteiger partial charge in [0.05, 0.1) is 0 Å². The summed E-state index contributed by atoms with van der Waals surface area (Å²) in [5, 5.41) is 8.58. The molecule has 0 aliphatic heterocycles. The molecule has 0 saturated carbocycles. The Kier molecular flexibility index (Phi) is 6.62. The van der Waals surface area contributed by atoms with Gasteiger partial charge in [-0.15, -0.1) is 0 Å². The lowest BCUT2D eigenvalue weighted by molar-refractivity contribution is 0.0919. The molecule has 1 aromatic rings. The van der Waals surface area contributed by atoms with E-state index in [4.69, 9.17) is 0 Å². The number of amides is 3. The van der Waals surface area contributed by atoms with E-state index in [1.54, 1.807) is 24.3 Å². The van der Waals surface area contributed by atoms with Crippen molar-refractivity contribution in [2.75, 3.05) is 11.9 Å². The molecule has 0 saturated heterocycles. The van der Waals surface area contributed by atoms with Crippen molar-refractivity contribution in [3.8, 4) is 0 Å². The van der Waals surface area contributed by atoms with Crippen LogP contribution in [-0.2, 0) is 0 Å². The highest BCUT2D eigenvalue weighted by atomic mass is 16.2. The van der Waals surface area contributed by atoms with E-state index in [-0.39, 0.29) is 17.5 Å². The lowest BCUT2D eigenvalue weighted by Gasteiger charge is -2.20. The number of hydrogen-bond acceptors (Lipinski definition) is 2. The fraction of sp³-hybridized carbons (Fsp3) is 0.500. The Morgan fingerprint density at radius 2 is 1.96 bits per heavy atom. The minimum absolute atomic E-state index is 0.152. The second-order valence-corrected chi connectivity index (χ2v) is 7.52. The van der Waals surface area contributed by atoms with Gasteiger partial charge in [0, 0.05) is 23.3 Å². The highest BCUT2D eigenvalue weighted by Gasteiger charge is 2.15. The van der Waals surface area contributed by atoms with Crippen LogP contribution in [0.5, 0.6) is 0 Å². The van der Waals surface area contributed by atoms with Gasteiger partial charge in [-0.3, -0.25) is 4.79 Å². The van der Waals surface area contributed by atoms with Gasteiger partial charge in [-0.2, -0.15) is 0 Å². The molecular weight excluding hydrogens is 314 g/mol. The van der Waals surface area contributed by atoms with Crippen molar-refractivity contribution in [1.82, 2.24) is 10.6 Å². The molecule has 1 aromatic carbocycles. The van der Waals surface area contributed by atoms with Gasteiger partial charge in [-0.05, 0) is 71.1 Å². The molecule has 1 aliphatic rings. The molecule has 0 aromatic heterocycles. The number of urea groups is 1. The zero-order valence-corrected chi connectivity index (χ0v) is 15.4. The number of carbonyl (C=O) groups is 2. The van der Waals surface area contributed by atoms with E-state index < -0.39 is 0 Å². The zero-order valence-electron chi connectivity index (χ0n) is 15.4. The average molecular weight is 343 g/mol. The second kappa shape index (κ2) is 8.70. The van der Waals surface area contributed by atoms with Gasteiger partial charge in [0.15, 0.2) is 0 Å². The summed E-state index contributed by atoms with van der Waals surface area (Å²) in [5.74, 6) is -0.152. The molecule has 2 rings (SSSR count). The van der Waals surface area contributed by atoms with Crippen molar-refractivity contribution in [3.05, 3.63) is 41.5 Å². The van der Waals surface area contributed by atoms with Crippen LogP contribution in [0.15, 0.2) is 35.9 Å². The summed E-state index contributed by atoms with van der Waals surface area (Å²) in [6.07, 6.45) is 8.03. The molecule has 1 aliphatic carbocycles. The van der Waals surface area contributed by atoms with E-state index in [0.29, 0.717) is 17.8 Å². The zero-order chi connectivity index (χ0) is 18.3. The minimum Gasteiger partial charge on any atom is -0.347 e. The van der Waals surface area contributed by atoms with Gasteiger partial charge in [0.25, 0.3) is 5.91 Å². The Balaban J connectivity index is 1.83. The van der Waals surface area contributed by atoms with Gasteiger partial charge in [0.2, 0.25) is 0 Å². The summed E-state index contributed by atoms with van der Waals surface area (Å²) in [7, 11) is 0. The van der Waals surface area contributed by atoms with Crippen LogP contribution in [0.1, 0.15) is 63.2 Å². The molecule has 5 nitrogen and oxygen atoms in total. The van der Waals surface area contributed by atoms with Gasteiger partial charge < -0.3 is 16.0 Å². The van der Waals surface area contributed by atoms with Crippen molar-refractivity contribution < 1.29 is 9.59 Å². The first-order chi connectivity index (χ1) is 11.8. The van der Waals surface area contributed by atoms with Crippen LogP contribution in [0.3, 0.4) is 0 Å². The van der Waals surface area contributed by atoms with E-state index >= 15 is 0 Å². The summed E-state index contributed by atoms with van der Waals surface area (Å²) < 4.78 is 0. The maximum atomic E-state index is 12.2. The maximum Gasteiger partial charge on any atom is 0.319 e. The van der Waals surface area contributed by atoms with Crippen LogP contribution in [0.2, 0.25) is 0 Å².